The largest absolute Gasteiger partial charge is 0.342 e. The lowest BCUT2D eigenvalue weighted by atomic mass is 9.90. The molecule has 0 spiro atoms. The molecule has 0 saturated carbocycles. The number of hydrogen-bond acceptors (Lipinski definition) is 2. The summed E-state index contributed by atoms with van der Waals surface area (Å²) in [4.78, 5) is 20.2. The third kappa shape index (κ3) is 3.58. The Bertz CT molecular complexity index is 864. The molecule has 4 rings (SSSR count). The zero-order chi connectivity index (χ0) is 17.1. The Kier molecular flexibility index (Phi) is 4.51. The van der Waals surface area contributed by atoms with Gasteiger partial charge in [0.1, 0.15) is 5.82 Å². The van der Waals surface area contributed by atoms with Crippen LogP contribution in [0.3, 0.4) is 0 Å². The number of para-hydroxylation sites is 2. The average molecular weight is 333 g/mol. The Morgan fingerprint density at radius 1 is 1.08 bits per heavy atom. The molecule has 0 fully saturated rings. The molecule has 0 saturated heterocycles. The molecule has 4 heteroatoms. The molecule has 0 atom stereocenters. The Morgan fingerprint density at radius 2 is 1.96 bits per heavy atom. The van der Waals surface area contributed by atoms with Gasteiger partial charge in [-0.2, -0.15) is 0 Å². The Morgan fingerprint density at radius 3 is 2.88 bits per heavy atom. The highest BCUT2D eigenvalue weighted by atomic mass is 16.1. The summed E-state index contributed by atoms with van der Waals surface area (Å²) in [5, 5.41) is 3.11. The number of rotatable bonds is 5. The van der Waals surface area contributed by atoms with Gasteiger partial charge in [0, 0.05) is 18.5 Å². The van der Waals surface area contributed by atoms with Crippen molar-refractivity contribution in [2.75, 3.05) is 5.32 Å². The van der Waals surface area contributed by atoms with Gasteiger partial charge in [-0.25, -0.2) is 4.98 Å². The van der Waals surface area contributed by atoms with Crippen molar-refractivity contribution in [2.24, 2.45) is 0 Å². The lowest BCUT2D eigenvalue weighted by molar-refractivity contribution is -0.116. The quantitative estimate of drug-likeness (QED) is 0.727. The number of nitrogens with zero attached hydrogens (tertiary/aromatic N) is 1. The molecule has 0 unspecified atom stereocenters. The summed E-state index contributed by atoms with van der Waals surface area (Å²) in [5.41, 5.74) is 5.77. The molecule has 0 aliphatic heterocycles. The van der Waals surface area contributed by atoms with Crippen molar-refractivity contribution in [2.45, 2.75) is 44.9 Å². The number of anilines is 1. The standard InChI is InChI=1S/C21H23N3O/c25-21(24-17-12-5-8-15-7-1-2-9-16(15)17)14-6-13-20-22-18-10-3-4-11-19(18)23-20/h3-5,8,10-12H,1-2,6-7,9,13-14H2,(H,22,23)(H,24,25). The summed E-state index contributed by atoms with van der Waals surface area (Å²) >= 11 is 0. The number of carbonyl (C=O) groups excluding carboxylic acids is 1. The van der Waals surface area contributed by atoms with E-state index < -0.39 is 0 Å². The van der Waals surface area contributed by atoms with E-state index in [0.717, 1.165) is 48.2 Å². The van der Waals surface area contributed by atoms with Crippen LogP contribution in [-0.2, 0) is 24.1 Å². The van der Waals surface area contributed by atoms with Crippen molar-refractivity contribution < 1.29 is 4.79 Å². The normalized spacial score (nSPS) is 13.6. The molecule has 2 aromatic carbocycles. The highest BCUT2D eigenvalue weighted by molar-refractivity contribution is 5.91. The van der Waals surface area contributed by atoms with E-state index in [4.69, 9.17) is 0 Å². The first-order chi connectivity index (χ1) is 12.3. The third-order valence-electron chi connectivity index (χ3n) is 4.93. The summed E-state index contributed by atoms with van der Waals surface area (Å²) in [5.74, 6) is 1.04. The number of carbonyl (C=O) groups is 1. The number of fused-ring (bicyclic) bond motifs is 2. The van der Waals surface area contributed by atoms with E-state index in [9.17, 15) is 4.79 Å². The number of amides is 1. The van der Waals surface area contributed by atoms with Gasteiger partial charge in [0.2, 0.25) is 5.91 Å². The number of benzene rings is 2. The van der Waals surface area contributed by atoms with Crippen LogP contribution in [0.25, 0.3) is 11.0 Å². The summed E-state index contributed by atoms with van der Waals surface area (Å²) in [6.07, 6.45) is 6.76. The van der Waals surface area contributed by atoms with Gasteiger partial charge >= 0.3 is 0 Å². The summed E-state index contributed by atoms with van der Waals surface area (Å²) in [6, 6.07) is 14.3. The molecular formula is C21H23N3O. The molecule has 128 valence electrons. The maximum atomic E-state index is 12.3. The van der Waals surface area contributed by atoms with Crippen LogP contribution in [0, 0.1) is 0 Å². The molecule has 1 aliphatic rings. The Balaban J connectivity index is 1.33. The molecule has 0 bridgehead atoms. The molecular weight excluding hydrogens is 310 g/mol. The molecule has 1 aromatic heterocycles. The fourth-order valence-electron chi connectivity index (χ4n) is 3.65. The Hall–Kier alpha value is -2.62. The number of imidazole rings is 1. The summed E-state index contributed by atoms with van der Waals surface area (Å²) in [6.45, 7) is 0. The van der Waals surface area contributed by atoms with Crippen molar-refractivity contribution in [3.8, 4) is 0 Å². The van der Waals surface area contributed by atoms with Gasteiger partial charge in [0.15, 0.2) is 0 Å². The predicted octanol–water partition coefficient (Wildman–Crippen LogP) is 4.40. The first-order valence-corrected chi connectivity index (χ1v) is 9.14. The van der Waals surface area contributed by atoms with E-state index >= 15 is 0 Å². The second kappa shape index (κ2) is 7.09. The van der Waals surface area contributed by atoms with Gasteiger partial charge in [-0.1, -0.05) is 24.3 Å². The number of H-pyrrole nitrogens is 1. The molecule has 2 N–H and O–H groups in total. The minimum Gasteiger partial charge on any atom is -0.342 e. The van der Waals surface area contributed by atoms with Crippen LogP contribution < -0.4 is 5.32 Å². The van der Waals surface area contributed by atoms with E-state index in [2.05, 4.69) is 21.4 Å². The second-order valence-electron chi connectivity index (χ2n) is 6.75. The predicted molar refractivity (Wildman–Crippen MR) is 101 cm³/mol. The number of aromatic nitrogens is 2. The lowest BCUT2D eigenvalue weighted by Gasteiger charge is -2.19. The maximum Gasteiger partial charge on any atom is 0.224 e. The van der Waals surface area contributed by atoms with E-state index in [-0.39, 0.29) is 5.91 Å². The fraction of sp³-hybridized carbons (Fsp3) is 0.333. The Labute approximate surface area is 147 Å². The zero-order valence-corrected chi connectivity index (χ0v) is 14.3. The number of hydrogen-bond donors (Lipinski definition) is 2. The van der Waals surface area contributed by atoms with Crippen molar-refractivity contribution in [1.82, 2.24) is 9.97 Å². The molecule has 1 amide bonds. The molecule has 0 radical (unpaired) electrons. The molecule has 25 heavy (non-hydrogen) atoms. The minimum absolute atomic E-state index is 0.0927. The average Bonchev–Trinajstić information content (AvgIpc) is 3.05. The SMILES string of the molecule is O=C(CCCc1nc2ccccc2[nH]1)Nc1cccc2c1CCCC2. The molecule has 1 heterocycles. The van der Waals surface area contributed by atoms with Crippen molar-refractivity contribution in [3.63, 3.8) is 0 Å². The maximum absolute atomic E-state index is 12.3. The molecule has 1 aliphatic carbocycles. The van der Waals surface area contributed by atoms with Crippen molar-refractivity contribution in [1.29, 1.82) is 0 Å². The summed E-state index contributed by atoms with van der Waals surface area (Å²) < 4.78 is 0. The van der Waals surface area contributed by atoms with Crippen molar-refractivity contribution >= 4 is 22.6 Å². The minimum atomic E-state index is 0.0927. The van der Waals surface area contributed by atoms with E-state index in [1.165, 1.54) is 24.0 Å². The van der Waals surface area contributed by atoms with Crippen LogP contribution in [0.1, 0.15) is 42.6 Å². The van der Waals surface area contributed by atoms with Crippen LogP contribution >= 0.6 is 0 Å². The van der Waals surface area contributed by atoms with E-state index in [1.807, 2.05) is 36.4 Å². The van der Waals surface area contributed by atoms with Gasteiger partial charge in [-0.15, -0.1) is 0 Å². The van der Waals surface area contributed by atoms with Crippen LogP contribution in [0.5, 0.6) is 0 Å². The highest BCUT2D eigenvalue weighted by Crippen LogP contribution is 2.28. The third-order valence-corrected chi connectivity index (χ3v) is 4.93. The molecule has 3 aromatic rings. The topological polar surface area (TPSA) is 57.8 Å². The van der Waals surface area contributed by atoms with E-state index in [1.54, 1.807) is 0 Å². The summed E-state index contributed by atoms with van der Waals surface area (Å²) in [7, 11) is 0. The van der Waals surface area contributed by atoms with Crippen LogP contribution in [0.4, 0.5) is 5.69 Å². The van der Waals surface area contributed by atoms with Gasteiger partial charge in [-0.3, -0.25) is 4.79 Å². The van der Waals surface area contributed by atoms with Gasteiger partial charge < -0.3 is 10.3 Å². The molecule has 4 nitrogen and oxygen atoms in total. The highest BCUT2D eigenvalue weighted by Gasteiger charge is 2.14. The lowest BCUT2D eigenvalue weighted by Crippen LogP contribution is -2.15. The van der Waals surface area contributed by atoms with Crippen molar-refractivity contribution in [3.05, 3.63) is 59.4 Å². The number of aromatic amines is 1. The first kappa shape index (κ1) is 15.9. The van der Waals surface area contributed by atoms with Gasteiger partial charge in [-0.05, 0) is 61.4 Å². The fourth-order valence-corrected chi connectivity index (χ4v) is 3.65. The number of aryl methyl sites for hydroxylation is 2. The van der Waals surface area contributed by atoms with Gasteiger partial charge in [0.25, 0.3) is 0 Å². The number of nitrogens with one attached hydrogen (secondary N) is 2. The zero-order valence-electron chi connectivity index (χ0n) is 14.3. The van der Waals surface area contributed by atoms with Crippen LogP contribution in [-0.4, -0.2) is 15.9 Å². The van der Waals surface area contributed by atoms with Crippen LogP contribution in [0.15, 0.2) is 42.5 Å². The van der Waals surface area contributed by atoms with Gasteiger partial charge in [0.05, 0.1) is 11.0 Å². The van der Waals surface area contributed by atoms with Crippen LogP contribution in [0.2, 0.25) is 0 Å². The monoisotopic (exact) mass is 333 g/mol. The second-order valence-corrected chi connectivity index (χ2v) is 6.75. The first-order valence-electron chi connectivity index (χ1n) is 9.14. The van der Waals surface area contributed by atoms with E-state index in [0.29, 0.717) is 6.42 Å². The smallest absolute Gasteiger partial charge is 0.224 e.